The zero-order chi connectivity index (χ0) is 20.8. The molecule has 1 aliphatic heterocycles. The van der Waals surface area contributed by atoms with Crippen molar-refractivity contribution < 1.29 is 9.47 Å². The minimum Gasteiger partial charge on any atom is -0.493 e. The predicted molar refractivity (Wildman–Crippen MR) is 125 cm³/mol. The summed E-state index contributed by atoms with van der Waals surface area (Å²) in [5, 5.41) is 3.61. The molecule has 0 saturated carbocycles. The van der Waals surface area contributed by atoms with Gasteiger partial charge >= 0.3 is 0 Å². The van der Waals surface area contributed by atoms with Crippen LogP contribution < -0.4 is 14.8 Å². The first-order chi connectivity index (χ1) is 14.8. The van der Waals surface area contributed by atoms with Crippen LogP contribution in [0.2, 0.25) is 0 Å². The number of benzene rings is 3. The fourth-order valence-corrected chi connectivity index (χ4v) is 4.20. The first kappa shape index (κ1) is 20.6. The lowest BCUT2D eigenvalue weighted by atomic mass is 9.93. The topological polar surface area (TPSA) is 30.5 Å². The third-order valence-electron chi connectivity index (χ3n) is 5.33. The standard InChI is InChI=1S/C26H27NO2S/c1-28-25-17-23-21(16-26(25)29-18-20-7-4-3-5-8-20)13-14-27-24(23)12-11-19-9-6-10-22(15-19)30-2/h3-12,15-17,24,27H,13-14,18H2,1-2H3/b12-11+. The number of thioether (sulfide) groups is 1. The summed E-state index contributed by atoms with van der Waals surface area (Å²) in [6, 6.07) is 23.2. The van der Waals surface area contributed by atoms with Gasteiger partial charge in [0.05, 0.1) is 13.2 Å². The summed E-state index contributed by atoms with van der Waals surface area (Å²) in [5.74, 6) is 1.58. The maximum absolute atomic E-state index is 6.10. The molecule has 1 aliphatic rings. The van der Waals surface area contributed by atoms with E-state index in [0.717, 1.165) is 30.0 Å². The molecule has 0 bridgehead atoms. The summed E-state index contributed by atoms with van der Waals surface area (Å²) in [5.41, 5.74) is 4.92. The van der Waals surface area contributed by atoms with Crippen LogP contribution in [0.1, 0.15) is 28.3 Å². The van der Waals surface area contributed by atoms with Crippen molar-refractivity contribution in [3.8, 4) is 11.5 Å². The first-order valence-corrected chi connectivity index (χ1v) is 11.4. The van der Waals surface area contributed by atoms with E-state index in [0.29, 0.717) is 6.61 Å². The Morgan fingerprint density at radius 2 is 1.90 bits per heavy atom. The summed E-state index contributed by atoms with van der Waals surface area (Å²) in [4.78, 5) is 1.27. The average molecular weight is 418 g/mol. The SMILES string of the molecule is COc1cc2c(cc1OCc1ccccc1)CCNC2/C=C/c1cccc(SC)c1. The van der Waals surface area contributed by atoms with Gasteiger partial charge in [-0.05, 0) is 59.2 Å². The van der Waals surface area contributed by atoms with Crippen LogP contribution in [0.4, 0.5) is 0 Å². The molecule has 1 unspecified atom stereocenters. The second-order valence-corrected chi connectivity index (χ2v) is 8.17. The fourth-order valence-electron chi connectivity index (χ4n) is 3.73. The summed E-state index contributed by atoms with van der Waals surface area (Å²) in [6.45, 7) is 1.47. The second-order valence-electron chi connectivity index (χ2n) is 7.29. The molecule has 0 aromatic heterocycles. The predicted octanol–water partition coefficient (Wildman–Crippen LogP) is 5.90. The van der Waals surface area contributed by atoms with Gasteiger partial charge in [-0.2, -0.15) is 0 Å². The van der Waals surface area contributed by atoms with Crippen molar-refractivity contribution in [2.24, 2.45) is 0 Å². The van der Waals surface area contributed by atoms with Crippen molar-refractivity contribution in [2.75, 3.05) is 19.9 Å². The lowest BCUT2D eigenvalue weighted by Crippen LogP contribution is -2.28. The van der Waals surface area contributed by atoms with E-state index in [1.807, 2.05) is 18.2 Å². The molecule has 3 aromatic rings. The lowest BCUT2D eigenvalue weighted by molar-refractivity contribution is 0.283. The van der Waals surface area contributed by atoms with E-state index in [1.165, 1.54) is 21.6 Å². The van der Waals surface area contributed by atoms with E-state index in [-0.39, 0.29) is 6.04 Å². The first-order valence-electron chi connectivity index (χ1n) is 10.2. The van der Waals surface area contributed by atoms with E-state index in [9.17, 15) is 0 Å². The molecular formula is C26H27NO2S. The summed E-state index contributed by atoms with van der Waals surface area (Å²) in [6.07, 6.45) is 7.51. The summed E-state index contributed by atoms with van der Waals surface area (Å²) in [7, 11) is 1.70. The number of ether oxygens (including phenoxy) is 2. The van der Waals surface area contributed by atoms with Gasteiger partial charge in [-0.15, -0.1) is 11.8 Å². The Hall–Kier alpha value is -2.69. The van der Waals surface area contributed by atoms with Crippen LogP contribution in [-0.2, 0) is 13.0 Å². The molecule has 0 radical (unpaired) electrons. The monoisotopic (exact) mass is 417 g/mol. The highest BCUT2D eigenvalue weighted by Crippen LogP contribution is 2.36. The normalized spacial score (nSPS) is 15.7. The van der Waals surface area contributed by atoms with Crippen molar-refractivity contribution >= 4 is 17.8 Å². The van der Waals surface area contributed by atoms with E-state index in [2.05, 4.69) is 72.3 Å². The molecule has 30 heavy (non-hydrogen) atoms. The Kier molecular flexibility index (Phi) is 6.77. The van der Waals surface area contributed by atoms with Crippen LogP contribution in [0.15, 0.2) is 77.7 Å². The van der Waals surface area contributed by atoms with Crippen molar-refractivity contribution in [3.05, 3.63) is 95.1 Å². The number of hydrogen-bond acceptors (Lipinski definition) is 4. The van der Waals surface area contributed by atoms with Gasteiger partial charge in [0.1, 0.15) is 6.61 Å². The third kappa shape index (κ3) is 4.89. The Labute approximate surface area is 183 Å². The maximum atomic E-state index is 6.10. The zero-order valence-electron chi connectivity index (χ0n) is 17.4. The minimum absolute atomic E-state index is 0.156. The minimum atomic E-state index is 0.156. The van der Waals surface area contributed by atoms with Crippen LogP contribution in [0.3, 0.4) is 0 Å². The molecule has 1 atom stereocenters. The number of methoxy groups -OCH3 is 1. The quantitative estimate of drug-likeness (QED) is 0.485. The van der Waals surface area contributed by atoms with Gasteiger partial charge in [0.2, 0.25) is 0 Å². The van der Waals surface area contributed by atoms with Crippen molar-refractivity contribution in [1.29, 1.82) is 0 Å². The van der Waals surface area contributed by atoms with Gasteiger partial charge in [-0.3, -0.25) is 0 Å². The Morgan fingerprint density at radius 3 is 2.70 bits per heavy atom. The van der Waals surface area contributed by atoms with Gasteiger partial charge in [0.15, 0.2) is 11.5 Å². The molecule has 0 spiro atoms. The Bertz CT molecular complexity index is 1020. The Balaban J connectivity index is 1.56. The number of fused-ring (bicyclic) bond motifs is 1. The molecule has 154 valence electrons. The van der Waals surface area contributed by atoms with Crippen molar-refractivity contribution in [2.45, 2.75) is 24.0 Å². The lowest BCUT2D eigenvalue weighted by Gasteiger charge is -2.26. The van der Waals surface area contributed by atoms with Gasteiger partial charge in [0, 0.05) is 11.4 Å². The summed E-state index contributed by atoms with van der Waals surface area (Å²) < 4.78 is 11.8. The Morgan fingerprint density at radius 1 is 1.03 bits per heavy atom. The number of nitrogens with one attached hydrogen (secondary N) is 1. The molecule has 0 aliphatic carbocycles. The van der Waals surface area contributed by atoms with E-state index in [4.69, 9.17) is 9.47 Å². The smallest absolute Gasteiger partial charge is 0.161 e. The van der Waals surface area contributed by atoms with E-state index >= 15 is 0 Å². The highest BCUT2D eigenvalue weighted by Gasteiger charge is 2.21. The van der Waals surface area contributed by atoms with Crippen LogP contribution >= 0.6 is 11.8 Å². The van der Waals surface area contributed by atoms with Gasteiger partial charge in [-0.25, -0.2) is 0 Å². The van der Waals surface area contributed by atoms with Gasteiger partial charge in [-0.1, -0.05) is 54.6 Å². The van der Waals surface area contributed by atoms with Crippen molar-refractivity contribution in [1.82, 2.24) is 5.32 Å². The van der Waals surface area contributed by atoms with Gasteiger partial charge in [0.25, 0.3) is 0 Å². The molecule has 4 rings (SSSR count). The summed E-state index contributed by atoms with van der Waals surface area (Å²) >= 11 is 1.76. The fraction of sp³-hybridized carbons (Fsp3) is 0.231. The molecule has 0 saturated heterocycles. The highest BCUT2D eigenvalue weighted by atomic mass is 32.2. The molecule has 0 amide bonds. The zero-order valence-corrected chi connectivity index (χ0v) is 18.2. The highest BCUT2D eigenvalue weighted by molar-refractivity contribution is 7.98. The largest absolute Gasteiger partial charge is 0.493 e. The number of rotatable bonds is 7. The maximum Gasteiger partial charge on any atom is 0.161 e. The molecule has 1 N–H and O–H groups in total. The average Bonchev–Trinajstić information content (AvgIpc) is 2.81. The van der Waals surface area contributed by atoms with E-state index in [1.54, 1.807) is 18.9 Å². The van der Waals surface area contributed by atoms with Crippen molar-refractivity contribution in [3.63, 3.8) is 0 Å². The molecule has 3 nitrogen and oxygen atoms in total. The van der Waals surface area contributed by atoms with Crippen LogP contribution in [0.5, 0.6) is 11.5 Å². The van der Waals surface area contributed by atoms with E-state index < -0.39 is 0 Å². The third-order valence-corrected chi connectivity index (χ3v) is 6.06. The van der Waals surface area contributed by atoms with Crippen LogP contribution in [0.25, 0.3) is 6.08 Å². The van der Waals surface area contributed by atoms with Gasteiger partial charge < -0.3 is 14.8 Å². The molecule has 3 aromatic carbocycles. The molecule has 0 fully saturated rings. The van der Waals surface area contributed by atoms with Crippen LogP contribution in [-0.4, -0.2) is 19.9 Å². The number of hydrogen-bond donors (Lipinski definition) is 1. The van der Waals surface area contributed by atoms with Crippen LogP contribution in [0, 0.1) is 0 Å². The second kappa shape index (κ2) is 9.88. The molecular weight excluding hydrogens is 390 g/mol. The molecule has 4 heteroatoms. The molecule has 1 heterocycles.